The zero-order chi connectivity index (χ0) is 10.6. The topological polar surface area (TPSA) is 37.8 Å². The zero-order valence-electron chi connectivity index (χ0n) is 6.93. The highest BCUT2D eigenvalue weighted by Crippen LogP contribution is 2.28. The zero-order valence-corrected chi connectivity index (χ0v) is 7.74. The van der Waals surface area contributed by atoms with Gasteiger partial charge in [-0.25, -0.2) is 0 Å². The van der Waals surface area contributed by atoms with E-state index in [4.69, 9.17) is 6.42 Å². The van der Waals surface area contributed by atoms with Crippen molar-refractivity contribution in [3.05, 3.63) is 5.82 Å². The Balaban J connectivity index is 2.57. The molecule has 3 nitrogen and oxygen atoms in total. The van der Waals surface area contributed by atoms with Gasteiger partial charge in [0.2, 0.25) is 11.0 Å². The van der Waals surface area contributed by atoms with Crippen molar-refractivity contribution >= 4 is 16.7 Å². The molecule has 0 spiro atoms. The standard InChI is InChI=1S/C7H6F3N3S/c1-2-3-4-11-6-12-5(13-14-6)7(8,9)10/h1H,3-4H2,(H,11,12,13). The van der Waals surface area contributed by atoms with Crippen LogP contribution in [0.25, 0.3) is 0 Å². The minimum atomic E-state index is -4.48. The van der Waals surface area contributed by atoms with E-state index in [2.05, 4.69) is 20.6 Å². The summed E-state index contributed by atoms with van der Waals surface area (Å²) in [5, 5.41) is 2.77. The highest BCUT2D eigenvalue weighted by molar-refractivity contribution is 7.09. The summed E-state index contributed by atoms with van der Waals surface area (Å²) >= 11 is 0.666. The number of halogens is 3. The average molecular weight is 221 g/mol. The van der Waals surface area contributed by atoms with Crippen molar-refractivity contribution < 1.29 is 13.2 Å². The van der Waals surface area contributed by atoms with Crippen LogP contribution in [0.3, 0.4) is 0 Å². The lowest BCUT2D eigenvalue weighted by molar-refractivity contribution is -0.144. The van der Waals surface area contributed by atoms with Gasteiger partial charge in [0.15, 0.2) is 0 Å². The van der Waals surface area contributed by atoms with Gasteiger partial charge in [-0.2, -0.15) is 22.5 Å². The first kappa shape index (κ1) is 10.8. The predicted octanol–water partition coefficient (Wildman–Crippen LogP) is 1.99. The predicted molar refractivity (Wildman–Crippen MR) is 46.9 cm³/mol. The van der Waals surface area contributed by atoms with Crippen LogP contribution < -0.4 is 5.32 Å². The Bertz CT molecular complexity index is 339. The van der Waals surface area contributed by atoms with Crippen LogP contribution in [0, 0.1) is 12.3 Å². The number of anilines is 1. The summed E-state index contributed by atoms with van der Waals surface area (Å²) < 4.78 is 39.2. The Morgan fingerprint density at radius 1 is 1.50 bits per heavy atom. The van der Waals surface area contributed by atoms with Gasteiger partial charge in [-0.15, -0.1) is 12.3 Å². The second-order valence-electron chi connectivity index (χ2n) is 2.30. The Morgan fingerprint density at radius 3 is 2.71 bits per heavy atom. The van der Waals surface area contributed by atoms with E-state index in [0.717, 1.165) is 0 Å². The lowest BCUT2D eigenvalue weighted by Gasteiger charge is -1.98. The summed E-state index contributed by atoms with van der Waals surface area (Å²) in [6.07, 6.45) is 0.912. The van der Waals surface area contributed by atoms with Crippen molar-refractivity contribution in [1.29, 1.82) is 0 Å². The van der Waals surface area contributed by atoms with Gasteiger partial charge in [-0.3, -0.25) is 0 Å². The van der Waals surface area contributed by atoms with Gasteiger partial charge in [0.25, 0.3) is 0 Å². The lowest BCUT2D eigenvalue weighted by atomic mass is 10.4. The molecule has 1 aromatic heterocycles. The number of alkyl halides is 3. The van der Waals surface area contributed by atoms with Crippen molar-refractivity contribution in [1.82, 2.24) is 9.36 Å². The molecule has 0 radical (unpaired) electrons. The van der Waals surface area contributed by atoms with Crippen molar-refractivity contribution in [3.63, 3.8) is 0 Å². The fourth-order valence-corrected chi connectivity index (χ4v) is 1.26. The monoisotopic (exact) mass is 221 g/mol. The van der Waals surface area contributed by atoms with E-state index in [1.165, 1.54) is 0 Å². The molecule has 76 valence electrons. The quantitative estimate of drug-likeness (QED) is 0.626. The third kappa shape index (κ3) is 2.88. The Morgan fingerprint density at radius 2 is 2.21 bits per heavy atom. The van der Waals surface area contributed by atoms with E-state index in [-0.39, 0.29) is 5.13 Å². The highest BCUT2D eigenvalue weighted by Gasteiger charge is 2.35. The van der Waals surface area contributed by atoms with Gasteiger partial charge in [-0.05, 0) is 0 Å². The number of hydrogen-bond donors (Lipinski definition) is 1. The fraction of sp³-hybridized carbons (Fsp3) is 0.429. The van der Waals surface area contributed by atoms with Crippen molar-refractivity contribution in [3.8, 4) is 12.3 Å². The molecule has 0 amide bonds. The van der Waals surface area contributed by atoms with Crippen molar-refractivity contribution in [2.45, 2.75) is 12.6 Å². The van der Waals surface area contributed by atoms with E-state index < -0.39 is 12.0 Å². The molecule has 0 aliphatic rings. The number of terminal acetylenes is 1. The van der Waals surface area contributed by atoms with Gasteiger partial charge in [-0.1, -0.05) is 0 Å². The van der Waals surface area contributed by atoms with Crippen LogP contribution in [0.1, 0.15) is 12.2 Å². The van der Waals surface area contributed by atoms with Gasteiger partial charge in [0.1, 0.15) is 0 Å². The normalized spacial score (nSPS) is 11.0. The average Bonchev–Trinajstić information content (AvgIpc) is 2.52. The first-order chi connectivity index (χ1) is 6.54. The fourth-order valence-electron chi connectivity index (χ4n) is 0.652. The number of nitrogens with one attached hydrogen (secondary N) is 1. The maximum absolute atomic E-state index is 12.0. The smallest absolute Gasteiger partial charge is 0.359 e. The summed E-state index contributed by atoms with van der Waals surface area (Å²) in [7, 11) is 0. The number of aromatic nitrogens is 2. The molecule has 1 N–H and O–H groups in total. The molecular formula is C7H6F3N3S. The van der Waals surface area contributed by atoms with Crippen LogP contribution in [-0.2, 0) is 6.18 Å². The second-order valence-corrected chi connectivity index (χ2v) is 3.05. The van der Waals surface area contributed by atoms with Crippen LogP contribution in [0.15, 0.2) is 0 Å². The molecule has 0 unspecified atom stereocenters. The molecule has 0 atom stereocenters. The molecule has 0 aliphatic carbocycles. The second kappa shape index (κ2) is 4.28. The molecule has 0 saturated carbocycles. The molecule has 14 heavy (non-hydrogen) atoms. The maximum atomic E-state index is 12.0. The molecule has 1 aromatic rings. The summed E-state index contributed by atoms with van der Waals surface area (Å²) in [5.41, 5.74) is 0. The van der Waals surface area contributed by atoms with Crippen LogP contribution in [-0.4, -0.2) is 15.9 Å². The van der Waals surface area contributed by atoms with Gasteiger partial charge < -0.3 is 5.32 Å². The third-order valence-electron chi connectivity index (χ3n) is 1.23. The molecule has 0 bridgehead atoms. The molecule has 1 rings (SSSR count). The lowest BCUT2D eigenvalue weighted by Crippen LogP contribution is -2.08. The van der Waals surface area contributed by atoms with E-state index in [1.807, 2.05) is 0 Å². The van der Waals surface area contributed by atoms with E-state index in [9.17, 15) is 13.2 Å². The summed E-state index contributed by atoms with van der Waals surface area (Å²) in [4.78, 5) is 3.26. The third-order valence-corrected chi connectivity index (χ3v) is 1.90. The first-order valence-electron chi connectivity index (χ1n) is 3.62. The molecule has 1 heterocycles. The molecule has 0 aliphatic heterocycles. The van der Waals surface area contributed by atoms with E-state index in [0.29, 0.717) is 24.5 Å². The van der Waals surface area contributed by atoms with Crippen LogP contribution in [0.4, 0.5) is 18.3 Å². The first-order valence-corrected chi connectivity index (χ1v) is 4.39. The summed E-state index contributed by atoms with van der Waals surface area (Å²) in [6, 6.07) is 0. The highest BCUT2D eigenvalue weighted by atomic mass is 32.1. The Labute approximate surface area is 82.5 Å². The van der Waals surface area contributed by atoms with Crippen molar-refractivity contribution in [2.24, 2.45) is 0 Å². The molecule has 7 heteroatoms. The molecule has 0 saturated heterocycles. The largest absolute Gasteiger partial charge is 0.452 e. The number of hydrogen-bond acceptors (Lipinski definition) is 4. The molecular weight excluding hydrogens is 215 g/mol. The van der Waals surface area contributed by atoms with Gasteiger partial charge >= 0.3 is 6.18 Å². The Hall–Kier alpha value is -1.29. The van der Waals surface area contributed by atoms with E-state index >= 15 is 0 Å². The SMILES string of the molecule is C#CCCNc1nc(C(F)(F)F)ns1. The van der Waals surface area contributed by atoms with Crippen LogP contribution >= 0.6 is 11.5 Å². The van der Waals surface area contributed by atoms with Crippen LogP contribution in [0.2, 0.25) is 0 Å². The summed E-state index contributed by atoms with van der Waals surface area (Å²) in [6.45, 7) is 0.392. The number of nitrogens with zero attached hydrogens (tertiary/aromatic N) is 2. The maximum Gasteiger partial charge on any atom is 0.452 e. The minimum absolute atomic E-state index is 0.132. The van der Waals surface area contributed by atoms with Gasteiger partial charge in [0, 0.05) is 24.5 Å². The Kier molecular flexibility index (Phi) is 3.30. The van der Waals surface area contributed by atoms with Crippen LogP contribution in [0.5, 0.6) is 0 Å². The van der Waals surface area contributed by atoms with Gasteiger partial charge in [0.05, 0.1) is 0 Å². The molecule has 0 fully saturated rings. The van der Waals surface area contributed by atoms with Crippen molar-refractivity contribution in [2.75, 3.05) is 11.9 Å². The summed E-state index contributed by atoms with van der Waals surface area (Å²) in [5.74, 6) is 1.23. The molecule has 0 aromatic carbocycles. The minimum Gasteiger partial charge on any atom is -0.359 e. The number of rotatable bonds is 3. The van der Waals surface area contributed by atoms with E-state index in [1.54, 1.807) is 0 Å².